The number of likely N-dealkylation sites (N-methyl/N-ethyl adjacent to an activating group) is 7. The molecule has 2 heterocycles. The Hall–Kier alpha value is -7.82. The molecule has 0 unspecified atom stereocenters. The number of nitriles is 1. The Balaban J connectivity index is 1.59. The molecule has 1 spiro atoms. The summed E-state index contributed by atoms with van der Waals surface area (Å²) in [4.78, 5) is 170. The first-order chi connectivity index (χ1) is 43.5. The second-order valence-corrected chi connectivity index (χ2v) is 26.6. The van der Waals surface area contributed by atoms with E-state index in [9.17, 15) is 61.6 Å². The quantitative estimate of drug-likeness (QED) is 0.293. The minimum absolute atomic E-state index is 0.0213. The molecule has 2 aromatic rings. The van der Waals surface area contributed by atoms with Crippen LogP contribution in [0.2, 0.25) is 5.02 Å². The lowest BCUT2D eigenvalue weighted by Crippen LogP contribution is -2.64. The van der Waals surface area contributed by atoms with E-state index in [1.54, 1.807) is 45.9 Å². The summed E-state index contributed by atoms with van der Waals surface area (Å²) >= 11 is 6.11. The summed E-state index contributed by atoms with van der Waals surface area (Å²) in [7, 11) is 9.73. The van der Waals surface area contributed by atoms with Crippen LogP contribution in [0.4, 0.5) is 13.2 Å². The van der Waals surface area contributed by atoms with Gasteiger partial charge in [0.15, 0.2) is 0 Å². The molecule has 93 heavy (non-hydrogen) atoms. The van der Waals surface area contributed by atoms with Gasteiger partial charge in [-0.25, -0.2) is 0 Å². The number of aryl methyl sites for hydroxylation is 1. The van der Waals surface area contributed by atoms with Crippen molar-refractivity contribution in [3.05, 3.63) is 69.7 Å². The fraction of sp³-hybridized carbons (Fsp3) is 0.636. The predicted molar refractivity (Wildman–Crippen MR) is 341 cm³/mol. The summed E-state index contributed by atoms with van der Waals surface area (Å²) in [6.45, 7) is 10.6. The zero-order chi connectivity index (χ0) is 69.7. The number of nitrogens with zero attached hydrogens (tertiary/aromatic N) is 9. The van der Waals surface area contributed by atoms with E-state index in [1.807, 2.05) is 20.8 Å². The number of rotatable bonds is 10. The Kier molecular flexibility index (Phi) is 26.8. The molecule has 1 saturated carbocycles. The summed E-state index contributed by atoms with van der Waals surface area (Å²) in [6.07, 6.45) is -3.13. The molecule has 2 aliphatic heterocycles. The van der Waals surface area contributed by atoms with E-state index in [-0.39, 0.29) is 75.0 Å². The first-order valence-corrected chi connectivity index (χ1v) is 32.2. The maximum Gasteiger partial charge on any atom is 0.417 e. The molecule has 2 aromatic carbocycles. The number of halogens is 4. The molecule has 27 heteroatoms. The van der Waals surface area contributed by atoms with Crippen molar-refractivity contribution < 1.29 is 65.9 Å². The van der Waals surface area contributed by atoms with Crippen LogP contribution < -0.4 is 16.0 Å². The number of fused-ring (bicyclic) bond motifs is 1. The van der Waals surface area contributed by atoms with Crippen LogP contribution in [0.3, 0.4) is 0 Å². The molecule has 2 saturated heterocycles. The van der Waals surface area contributed by atoms with Gasteiger partial charge in [0.2, 0.25) is 65.0 Å². The number of hydrogen-bond acceptors (Lipinski definition) is 12. The fourth-order valence-electron chi connectivity index (χ4n) is 12.4. The minimum atomic E-state index is -4.77. The number of carbonyl (C=O) groups excluding carboxylic acids is 11. The summed E-state index contributed by atoms with van der Waals surface area (Å²) in [5, 5.41) is 18.0. The third-order valence-corrected chi connectivity index (χ3v) is 18.8. The van der Waals surface area contributed by atoms with E-state index in [2.05, 4.69) is 22.0 Å². The number of hydrogen-bond donors (Lipinski definition) is 3. The molecule has 0 aromatic heterocycles. The lowest BCUT2D eigenvalue weighted by atomic mass is 9.91. The van der Waals surface area contributed by atoms with Crippen LogP contribution in [0.5, 0.6) is 0 Å². The number of benzene rings is 2. The van der Waals surface area contributed by atoms with E-state index in [1.165, 1.54) is 81.1 Å². The van der Waals surface area contributed by atoms with Gasteiger partial charge in [0, 0.05) is 74.8 Å². The van der Waals surface area contributed by atoms with Gasteiger partial charge in [-0.05, 0) is 98.9 Å². The SMILES string of the molecule is CC[C@H](C)[C@@H]1NC(=O)[C@H](CC(C)C)N(C)C(=O)C[C@@H](C)N(C)C(=O)[C@H](C(C)C)N(C)C(=O)C2(CCCC2)NC(=O)[C@@H]2CCCN2C(=O)[C@H](CCc2ccc(C(F)(F)F)c(Cl)c2)NC(=O)CN(C)C(=O)[C@H](Cc2ccccc2C#N)N(C)C(=O)CN(C)C(=O)CN(C)C1=O. The summed E-state index contributed by atoms with van der Waals surface area (Å²) < 4.78 is 41.4. The second-order valence-electron chi connectivity index (χ2n) is 26.2. The van der Waals surface area contributed by atoms with Crippen molar-refractivity contribution >= 4 is 76.6 Å². The van der Waals surface area contributed by atoms with Gasteiger partial charge in [-0.3, -0.25) is 52.7 Å². The zero-order valence-corrected chi connectivity index (χ0v) is 56.9. The number of alkyl halides is 3. The normalized spacial score (nSPS) is 24.6. The average molecular weight is 1320 g/mol. The molecule has 23 nitrogen and oxygen atoms in total. The Morgan fingerprint density at radius 2 is 1.31 bits per heavy atom. The molecule has 3 aliphatic rings. The topological polar surface area (TPSA) is 274 Å². The molecule has 0 bridgehead atoms. The molecule has 3 N–H and O–H groups in total. The summed E-state index contributed by atoms with van der Waals surface area (Å²) in [5.41, 5.74) is -1.80. The Morgan fingerprint density at radius 1 is 0.699 bits per heavy atom. The van der Waals surface area contributed by atoms with Crippen LogP contribution in [0.15, 0.2) is 42.5 Å². The van der Waals surface area contributed by atoms with E-state index in [0.717, 1.165) is 31.7 Å². The summed E-state index contributed by atoms with van der Waals surface area (Å²) in [6, 6.07) is 3.30. The fourth-order valence-corrected chi connectivity index (χ4v) is 12.7. The van der Waals surface area contributed by atoms with Gasteiger partial charge in [-0.2, -0.15) is 18.4 Å². The molecular weight excluding hydrogens is 1230 g/mol. The number of carbonyl (C=O) groups is 11. The van der Waals surface area contributed by atoms with Crippen LogP contribution in [0, 0.1) is 29.1 Å². The van der Waals surface area contributed by atoms with Crippen LogP contribution >= 0.6 is 11.6 Å². The smallest absolute Gasteiger partial charge is 0.343 e. The lowest BCUT2D eigenvalue weighted by Gasteiger charge is -2.41. The van der Waals surface area contributed by atoms with Crippen molar-refractivity contribution in [2.75, 3.05) is 75.5 Å². The molecule has 5 rings (SSSR count). The Morgan fingerprint density at radius 3 is 1.90 bits per heavy atom. The zero-order valence-electron chi connectivity index (χ0n) is 56.2. The average Bonchev–Trinajstić information content (AvgIpc) is 1.75. The van der Waals surface area contributed by atoms with Gasteiger partial charge < -0.3 is 55.1 Å². The molecule has 8 atom stereocenters. The van der Waals surface area contributed by atoms with E-state index < -0.39 is 161 Å². The molecule has 1 aliphatic carbocycles. The molecule has 3 fully saturated rings. The lowest BCUT2D eigenvalue weighted by molar-refractivity contribution is -0.152. The first-order valence-electron chi connectivity index (χ1n) is 31.8. The highest BCUT2D eigenvalue weighted by Gasteiger charge is 2.50. The highest BCUT2D eigenvalue weighted by atomic mass is 35.5. The molecule has 512 valence electrons. The van der Waals surface area contributed by atoms with Crippen molar-refractivity contribution in [2.24, 2.45) is 17.8 Å². The van der Waals surface area contributed by atoms with E-state index >= 15 is 9.59 Å². The largest absolute Gasteiger partial charge is 0.417 e. The third kappa shape index (κ3) is 19.0. The van der Waals surface area contributed by atoms with Gasteiger partial charge in [-0.1, -0.05) is 96.7 Å². The van der Waals surface area contributed by atoms with Crippen molar-refractivity contribution in [3.8, 4) is 6.07 Å². The van der Waals surface area contributed by atoms with Crippen molar-refractivity contribution in [1.29, 1.82) is 5.26 Å². The summed E-state index contributed by atoms with van der Waals surface area (Å²) in [5.74, 6) is -8.49. The predicted octanol–water partition coefficient (Wildman–Crippen LogP) is 4.65. The monoisotopic (exact) mass is 1320 g/mol. The second kappa shape index (κ2) is 32.8. The maximum atomic E-state index is 15.1. The Bertz CT molecular complexity index is 3140. The van der Waals surface area contributed by atoms with Crippen molar-refractivity contribution in [3.63, 3.8) is 0 Å². The van der Waals surface area contributed by atoms with Crippen LogP contribution in [0.1, 0.15) is 135 Å². The molecular formula is C66H94ClF3N12O11. The molecule has 11 amide bonds. The van der Waals surface area contributed by atoms with E-state index in [4.69, 9.17) is 11.6 Å². The van der Waals surface area contributed by atoms with Crippen LogP contribution in [-0.2, 0) is 71.8 Å². The van der Waals surface area contributed by atoms with Gasteiger partial charge in [0.1, 0.15) is 41.8 Å². The van der Waals surface area contributed by atoms with Crippen molar-refractivity contribution in [2.45, 2.75) is 180 Å². The van der Waals surface area contributed by atoms with Gasteiger partial charge in [-0.15, -0.1) is 0 Å². The number of nitrogens with one attached hydrogen (secondary N) is 3. The highest BCUT2D eigenvalue weighted by molar-refractivity contribution is 6.31. The first kappa shape index (κ1) is 75.9. The van der Waals surface area contributed by atoms with Gasteiger partial charge >= 0.3 is 6.18 Å². The van der Waals surface area contributed by atoms with E-state index in [0.29, 0.717) is 31.2 Å². The van der Waals surface area contributed by atoms with Gasteiger partial charge in [0.25, 0.3) is 0 Å². The molecule has 0 radical (unpaired) electrons. The van der Waals surface area contributed by atoms with Crippen molar-refractivity contribution in [1.82, 2.24) is 55.1 Å². The standard InChI is InChI=1S/C66H94ClF3N12O11/c1-15-41(6)56-62(91)77(10)37-54(85)75(8)38-55(86)80(13)51(34-44-21-16-17-22-45(44)35-71)61(90)76(9)36-52(83)72-48(27-25-43-24-26-46(47(67)33-43)66(68,69)70)60(89)82-30-20-23-49(82)59(88)74-65(28-18-19-29-65)64(93)81(14)57(40(4)5)63(92)78(11)42(7)32-53(84)79(12)50(31-39(2)3)58(87)73-56/h16-17,21-22,24,26,33,39-42,48-51,56-57H,15,18-20,23,25,27-32,34,36-38H2,1-14H3,(H,72,83)(H,73,87)(H,74,88)/t41-,42+,48-,49-,50-,51-,56-,57-/m0/s1. The maximum absolute atomic E-state index is 15.1. The Labute approximate surface area is 549 Å². The minimum Gasteiger partial charge on any atom is -0.343 e. The number of amides is 11. The van der Waals surface area contributed by atoms with Crippen LogP contribution in [0.25, 0.3) is 0 Å². The highest BCUT2D eigenvalue weighted by Crippen LogP contribution is 2.37. The van der Waals surface area contributed by atoms with Crippen LogP contribution in [-0.4, -0.2) is 228 Å². The van der Waals surface area contributed by atoms with Gasteiger partial charge in [0.05, 0.1) is 41.9 Å². The third-order valence-electron chi connectivity index (χ3n) is 18.5.